The van der Waals surface area contributed by atoms with E-state index in [1.165, 1.54) is 0 Å². The van der Waals surface area contributed by atoms with E-state index in [4.69, 9.17) is 0 Å². The SMILES string of the molecule is CS(=O)(=O)Cc1nnc(C(F)F)s1. The molecule has 1 rings (SSSR count). The van der Waals surface area contributed by atoms with Gasteiger partial charge in [0.05, 0.1) is 0 Å². The fraction of sp³-hybridized carbons (Fsp3) is 0.600. The van der Waals surface area contributed by atoms with Crippen molar-refractivity contribution in [1.29, 1.82) is 0 Å². The van der Waals surface area contributed by atoms with Crippen LogP contribution in [0.5, 0.6) is 0 Å². The van der Waals surface area contributed by atoms with E-state index in [2.05, 4.69) is 10.2 Å². The summed E-state index contributed by atoms with van der Waals surface area (Å²) in [6.07, 6.45) is -1.68. The molecule has 0 aliphatic rings. The van der Waals surface area contributed by atoms with E-state index in [1.807, 2.05) is 0 Å². The Bertz CT molecular complexity index is 387. The number of sulfone groups is 1. The number of rotatable bonds is 3. The Labute approximate surface area is 77.5 Å². The summed E-state index contributed by atoms with van der Waals surface area (Å²) >= 11 is 0.616. The molecule has 4 nitrogen and oxygen atoms in total. The first-order chi connectivity index (χ1) is 5.88. The molecule has 0 atom stereocenters. The summed E-state index contributed by atoms with van der Waals surface area (Å²) in [5.41, 5.74) is 0. The van der Waals surface area contributed by atoms with E-state index in [9.17, 15) is 17.2 Å². The first kappa shape index (κ1) is 10.5. The molecule has 0 bridgehead atoms. The van der Waals surface area contributed by atoms with Crippen molar-refractivity contribution in [1.82, 2.24) is 10.2 Å². The van der Waals surface area contributed by atoms with Crippen molar-refractivity contribution < 1.29 is 17.2 Å². The van der Waals surface area contributed by atoms with Crippen molar-refractivity contribution in [2.45, 2.75) is 12.2 Å². The van der Waals surface area contributed by atoms with Gasteiger partial charge in [0, 0.05) is 6.26 Å². The number of hydrogen-bond donors (Lipinski definition) is 0. The Kier molecular flexibility index (Phi) is 2.91. The van der Waals surface area contributed by atoms with Crippen molar-refractivity contribution in [2.24, 2.45) is 0 Å². The first-order valence-corrected chi connectivity index (χ1v) is 6.04. The predicted molar refractivity (Wildman–Crippen MR) is 43.4 cm³/mol. The Morgan fingerprint density at radius 2 is 2.08 bits per heavy atom. The average Bonchev–Trinajstić information content (AvgIpc) is 2.31. The van der Waals surface area contributed by atoms with Gasteiger partial charge in [-0.2, -0.15) is 0 Å². The quantitative estimate of drug-likeness (QED) is 0.775. The topological polar surface area (TPSA) is 59.9 Å². The maximum Gasteiger partial charge on any atom is 0.291 e. The third-order valence-corrected chi connectivity index (χ3v) is 2.97. The van der Waals surface area contributed by atoms with Crippen LogP contribution in [0.3, 0.4) is 0 Å². The molecule has 0 aliphatic heterocycles. The zero-order chi connectivity index (χ0) is 10.1. The zero-order valence-corrected chi connectivity index (χ0v) is 8.20. The molecular formula is C5H6F2N2O2S2. The van der Waals surface area contributed by atoms with Crippen LogP contribution in [-0.2, 0) is 15.6 Å². The number of aromatic nitrogens is 2. The molecule has 0 saturated heterocycles. The lowest BCUT2D eigenvalue weighted by Gasteiger charge is -1.89. The lowest BCUT2D eigenvalue weighted by atomic mass is 10.8. The minimum absolute atomic E-state index is 0.0952. The summed E-state index contributed by atoms with van der Waals surface area (Å²) in [7, 11) is -3.23. The smallest absolute Gasteiger partial charge is 0.229 e. The van der Waals surface area contributed by atoms with E-state index < -0.39 is 21.3 Å². The van der Waals surface area contributed by atoms with Gasteiger partial charge in [0.2, 0.25) is 0 Å². The van der Waals surface area contributed by atoms with Crippen LogP contribution in [0.25, 0.3) is 0 Å². The highest BCUT2D eigenvalue weighted by atomic mass is 32.2. The summed E-state index contributed by atoms with van der Waals surface area (Å²) < 4.78 is 45.4. The molecule has 1 aromatic heterocycles. The minimum Gasteiger partial charge on any atom is -0.229 e. The van der Waals surface area contributed by atoms with Crippen molar-refractivity contribution in [3.8, 4) is 0 Å². The molecule has 1 heterocycles. The Hall–Kier alpha value is -0.630. The molecule has 0 saturated carbocycles. The lowest BCUT2D eigenvalue weighted by Crippen LogP contribution is -1.99. The Morgan fingerprint density at radius 3 is 2.46 bits per heavy atom. The highest BCUT2D eigenvalue weighted by Gasteiger charge is 2.16. The van der Waals surface area contributed by atoms with Crippen LogP contribution < -0.4 is 0 Å². The number of hydrogen-bond acceptors (Lipinski definition) is 5. The molecule has 0 aliphatic carbocycles. The Morgan fingerprint density at radius 1 is 1.46 bits per heavy atom. The number of halogens is 2. The standard InChI is InChI=1S/C5H6F2N2O2S2/c1-13(10,11)2-3-8-9-5(12-3)4(6)7/h4H,2H2,1H3. The summed E-state index contributed by atoms with van der Waals surface area (Å²) in [6, 6.07) is 0. The molecule has 0 radical (unpaired) electrons. The van der Waals surface area contributed by atoms with E-state index in [0.717, 1.165) is 6.26 Å². The minimum atomic E-state index is -3.23. The molecule has 0 fully saturated rings. The second kappa shape index (κ2) is 3.62. The summed E-state index contributed by atoms with van der Waals surface area (Å²) in [4.78, 5) is 0. The van der Waals surface area contributed by atoms with Crippen molar-refractivity contribution in [2.75, 3.05) is 6.26 Å². The summed E-state index contributed by atoms with van der Waals surface area (Å²) in [5, 5.41) is 6.14. The van der Waals surface area contributed by atoms with Crippen LogP contribution in [0.4, 0.5) is 8.78 Å². The molecular weight excluding hydrogens is 222 g/mol. The van der Waals surface area contributed by atoms with Gasteiger partial charge in [-0.05, 0) is 0 Å². The molecule has 0 N–H and O–H groups in total. The third kappa shape index (κ3) is 3.31. The largest absolute Gasteiger partial charge is 0.291 e. The average molecular weight is 228 g/mol. The summed E-state index contributed by atoms with van der Waals surface area (Å²) in [5.74, 6) is -0.336. The van der Waals surface area contributed by atoms with Crippen LogP contribution in [-0.4, -0.2) is 24.9 Å². The van der Waals surface area contributed by atoms with Gasteiger partial charge in [0.25, 0.3) is 6.43 Å². The Balaban J connectivity index is 2.81. The molecule has 74 valence electrons. The van der Waals surface area contributed by atoms with Gasteiger partial charge in [-0.15, -0.1) is 10.2 Å². The zero-order valence-electron chi connectivity index (χ0n) is 6.57. The third-order valence-electron chi connectivity index (χ3n) is 1.05. The van der Waals surface area contributed by atoms with Gasteiger partial charge < -0.3 is 0 Å². The monoisotopic (exact) mass is 228 g/mol. The number of nitrogens with zero attached hydrogens (tertiary/aromatic N) is 2. The molecule has 8 heteroatoms. The van der Waals surface area contributed by atoms with Crippen LogP contribution in [0.1, 0.15) is 16.4 Å². The maximum absolute atomic E-state index is 12.0. The molecule has 13 heavy (non-hydrogen) atoms. The summed E-state index contributed by atoms with van der Waals surface area (Å²) in [6.45, 7) is 0. The van der Waals surface area contributed by atoms with E-state index in [0.29, 0.717) is 11.3 Å². The highest BCUT2D eigenvalue weighted by molar-refractivity contribution is 7.90. The van der Waals surface area contributed by atoms with E-state index >= 15 is 0 Å². The highest BCUT2D eigenvalue weighted by Crippen LogP contribution is 2.22. The molecule has 0 unspecified atom stereocenters. The van der Waals surface area contributed by atoms with Crippen molar-refractivity contribution >= 4 is 21.2 Å². The van der Waals surface area contributed by atoms with Crippen molar-refractivity contribution in [3.05, 3.63) is 10.0 Å². The van der Waals surface area contributed by atoms with E-state index in [1.54, 1.807) is 0 Å². The first-order valence-electron chi connectivity index (χ1n) is 3.16. The van der Waals surface area contributed by atoms with Gasteiger partial charge in [-0.25, -0.2) is 17.2 Å². The fourth-order valence-electron chi connectivity index (χ4n) is 0.637. The van der Waals surface area contributed by atoms with Crippen LogP contribution in [0, 0.1) is 0 Å². The van der Waals surface area contributed by atoms with Gasteiger partial charge in [-0.1, -0.05) is 11.3 Å². The number of alkyl halides is 2. The van der Waals surface area contributed by atoms with Gasteiger partial charge >= 0.3 is 0 Å². The lowest BCUT2D eigenvalue weighted by molar-refractivity contribution is 0.150. The maximum atomic E-state index is 12.0. The van der Waals surface area contributed by atoms with Crippen LogP contribution in [0.15, 0.2) is 0 Å². The molecule has 1 aromatic rings. The predicted octanol–water partition coefficient (Wildman–Crippen LogP) is 1.02. The normalized spacial score (nSPS) is 12.3. The van der Waals surface area contributed by atoms with E-state index in [-0.39, 0.29) is 10.8 Å². The van der Waals surface area contributed by atoms with Crippen LogP contribution >= 0.6 is 11.3 Å². The second-order valence-electron chi connectivity index (χ2n) is 2.40. The fourth-order valence-corrected chi connectivity index (χ4v) is 2.52. The molecule has 0 spiro atoms. The van der Waals surface area contributed by atoms with Crippen molar-refractivity contribution in [3.63, 3.8) is 0 Å². The molecule has 0 aromatic carbocycles. The van der Waals surface area contributed by atoms with Gasteiger partial charge in [0.1, 0.15) is 10.8 Å². The second-order valence-corrected chi connectivity index (χ2v) is 5.64. The molecule has 0 amide bonds. The van der Waals surface area contributed by atoms with Gasteiger partial charge in [-0.3, -0.25) is 0 Å². The van der Waals surface area contributed by atoms with Crippen LogP contribution in [0.2, 0.25) is 0 Å². The van der Waals surface area contributed by atoms with Gasteiger partial charge in [0.15, 0.2) is 14.8 Å².